The lowest BCUT2D eigenvalue weighted by Gasteiger charge is -2.37. The molecule has 0 aromatic carbocycles. The summed E-state index contributed by atoms with van der Waals surface area (Å²) in [4.78, 5) is 0. The molecule has 0 aromatic rings. The first-order valence-electron chi connectivity index (χ1n) is 6.90. The van der Waals surface area contributed by atoms with Gasteiger partial charge in [0, 0.05) is 13.2 Å². The summed E-state index contributed by atoms with van der Waals surface area (Å²) in [5.74, 6) is 0. The first-order chi connectivity index (χ1) is 7.97. The van der Waals surface area contributed by atoms with Crippen molar-refractivity contribution in [1.82, 2.24) is 5.32 Å². The highest BCUT2D eigenvalue weighted by Crippen LogP contribution is 2.25. The summed E-state index contributed by atoms with van der Waals surface area (Å²) < 4.78 is 11.6. The van der Waals surface area contributed by atoms with E-state index < -0.39 is 0 Å². The van der Waals surface area contributed by atoms with Crippen molar-refractivity contribution in [3.8, 4) is 0 Å². The molecule has 1 N–H and O–H groups in total. The Labute approximate surface area is 107 Å². The van der Waals surface area contributed by atoms with Crippen molar-refractivity contribution in [2.45, 2.75) is 60.1 Å². The smallest absolute Gasteiger partial charge is 0.0798 e. The molecule has 0 amide bonds. The van der Waals surface area contributed by atoms with Gasteiger partial charge in [0.2, 0.25) is 0 Å². The van der Waals surface area contributed by atoms with Crippen LogP contribution in [0.2, 0.25) is 0 Å². The Morgan fingerprint density at radius 1 is 1.12 bits per heavy atom. The molecule has 2 unspecified atom stereocenters. The Hall–Kier alpha value is -0.120. The zero-order chi connectivity index (χ0) is 13.3. The molecule has 0 aliphatic carbocycles. The predicted molar refractivity (Wildman–Crippen MR) is 73.4 cm³/mol. The second-order valence-electron chi connectivity index (χ2n) is 5.48. The molecule has 0 fully saturated rings. The third-order valence-electron chi connectivity index (χ3n) is 2.68. The predicted octanol–water partition coefficient (Wildman–Crippen LogP) is 2.84. The molecule has 0 bridgehead atoms. The summed E-state index contributed by atoms with van der Waals surface area (Å²) in [5, 5.41) is 3.48. The van der Waals surface area contributed by atoms with E-state index in [9.17, 15) is 0 Å². The van der Waals surface area contributed by atoms with Crippen LogP contribution in [-0.4, -0.2) is 38.5 Å². The third-order valence-corrected chi connectivity index (χ3v) is 2.68. The van der Waals surface area contributed by atoms with Gasteiger partial charge in [-0.1, -0.05) is 34.6 Å². The van der Waals surface area contributed by atoms with Crippen molar-refractivity contribution in [2.24, 2.45) is 5.41 Å². The lowest BCUT2D eigenvalue weighted by Crippen LogP contribution is -2.50. The number of nitrogens with one attached hydrogen (secondary N) is 1. The van der Waals surface area contributed by atoms with Crippen LogP contribution in [0.3, 0.4) is 0 Å². The van der Waals surface area contributed by atoms with Crippen molar-refractivity contribution in [1.29, 1.82) is 0 Å². The maximum atomic E-state index is 5.91. The molecular formula is C14H31NO2. The summed E-state index contributed by atoms with van der Waals surface area (Å²) >= 11 is 0. The summed E-state index contributed by atoms with van der Waals surface area (Å²) in [6.45, 7) is 16.2. The van der Waals surface area contributed by atoms with Gasteiger partial charge in [-0.25, -0.2) is 0 Å². The van der Waals surface area contributed by atoms with Gasteiger partial charge in [0.15, 0.2) is 0 Å². The Balaban J connectivity index is 4.47. The van der Waals surface area contributed by atoms with Crippen molar-refractivity contribution in [2.75, 3.05) is 26.4 Å². The molecule has 0 aromatic heterocycles. The zero-order valence-corrected chi connectivity index (χ0v) is 12.5. The van der Waals surface area contributed by atoms with Crippen LogP contribution in [0.1, 0.15) is 48.0 Å². The molecule has 0 heterocycles. The highest BCUT2D eigenvalue weighted by molar-refractivity contribution is 4.86. The van der Waals surface area contributed by atoms with E-state index in [1.165, 1.54) is 0 Å². The SMILES string of the molecule is CCCOCC(NCC)C(OCC)C(C)(C)C. The van der Waals surface area contributed by atoms with E-state index in [2.05, 4.69) is 46.9 Å². The van der Waals surface area contributed by atoms with Crippen LogP contribution in [0.15, 0.2) is 0 Å². The lowest BCUT2D eigenvalue weighted by atomic mass is 9.84. The maximum Gasteiger partial charge on any atom is 0.0798 e. The normalized spacial score (nSPS) is 15.9. The van der Waals surface area contributed by atoms with E-state index in [4.69, 9.17) is 9.47 Å². The minimum absolute atomic E-state index is 0.123. The van der Waals surface area contributed by atoms with Crippen molar-refractivity contribution in [3.63, 3.8) is 0 Å². The van der Waals surface area contributed by atoms with Crippen LogP contribution in [0.4, 0.5) is 0 Å². The van der Waals surface area contributed by atoms with E-state index in [-0.39, 0.29) is 17.6 Å². The summed E-state index contributed by atoms with van der Waals surface area (Å²) in [7, 11) is 0. The van der Waals surface area contributed by atoms with Gasteiger partial charge in [0.1, 0.15) is 0 Å². The topological polar surface area (TPSA) is 30.5 Å². The van der Waals surface area contributed by atoms with E-state index in [0.717, 1.165) is 32.8 Å². The van der Waals surface area contributed by atoms with Crippen LogP contribution in [-0.2, 0) is 9.47 Å². The molecule has 0 radical (unpaired) electrons. The van der Waals surface area contributed by atoms with Crippen LogP contribution >= 0.6 is 0 Å². The number of likely N-dealkylation sites (N-methyl/N-ethyl adjacent to an activating group) is 1. The van der Waals surface area contributed by atoms with Gasteiger partial charge in [-0.15, -0.1) is 0 Å². The van der Waals surface area contributed by atoms with Gasteiger partial charge in [-0.3, -0.25) is 0 Å². The van der Waals surface area contributed by atoms with E-state index in [1.807, 2.05) is 0 Å². The molecule has 3 nitrogen and oxygen atoms in total. The number of rotatable bonds is 9. The van der Waals surface area contributed by atoms with Crippen LogP contribution < -0.4 is 5.32 Å². The molecule has 0 rings (SSSR count). The fourth-order valence-corrected chi connectivity index (χ4v) is 2.02. The van der Waals surface area contributed by atoms with Gasteiger partial charge >= 0.3 is 0 Å². The first-order valence-corrected chi connectivity index (χ1v) is 6.90. The molecule has 0 saturated carbocycles. The highest BCUT2D eigenvalue weighted by atomic mass is 16.5. The zero-order valence-electron chi connectivity index (χ0n) is 12.5. The molecule has 0 aliphatic heterocycles. The molecule has 104 valence electrons. The van der Waals surface area contributed by atoms with Crippen molar-refractivity contribution >= 4 is 0 Å². The van der Waals surface area contributed by atoms with Crippen LogP contribution in [0.25, 0.3) is 0 Å². The average molecular weight is 245 g/mol. The van der Waals surface area contributed by atoms with E-state index in [0.29, 0.717) is 0 Å². The summed E-state index contributed by atoms with van der Waals surface area (Å²) in [6, 6.07) is 0.270. The molecule has 3 heteroatoms. The fourth-order valence-electron chi connectivity index (χ4n) is 2.02. The van der Waals surface area contributed by atoms with Gasteiger partial charge in [-0.05, 0) is 25.3 Å². The standard InChI is InChI=1S/C14H31NO2/c1-7-10-16-11-12(15-8-2)13(17-9-3)14(4,5)6/h12-13,15H,7-11H2,1-6H3. The summed E-state index contributed by atoms with van der Waals surface area (Å²) in [5.41, 5.74) is 0.123. The molecule has 17 heavy (non-hydrogen) atoms. The van der Waals surface area contributed by atoms with E-state index >= 15 is 0 Å². The minimum atomic E-state index is 0.123. The number of hydrogen-bond donors (Lipinski definition) is 1. The van der Waals surface area contributed by atoms with Gasteiger partial charge in [0.25, 0.3) is 0 Å². The van der Waals surface area contributed by atoms with Crippen molar-refractivity contribution in [3.05, 3.63) is 0 Å². The molecule has 2 atom stereocenters. The highest BCUT2D eigenvalue weighted by Gasteiger charge is 2.32. The Morgan fingerprint density at radius 2 is 1.76 bits per heavy atom. The molecule has 0 saturated heterocycles. The number of hydrogen-bond acceptors (Lipinski definition) is 3. The fraction of sp³-hybridized carbons (Fsp3) is 1.00. The first kappa shape index (κ1) is 16.9. The van der Waals surface area contributed by atoms with Crippen LogP contribution in [0, 0.1) is 5.41 Å². The van der Waals surface area contributed by atoms with Gasteiger partial charge < -0.3 is 14.8 Å². The largest absolute Gasteiger partial charge is 0.380 e. The monoisotopic (exact) mass is 245 g/mol. The van der Waals surface area contributed by atoms with Crippen molar-refractivity contribution < 1.29 is 9.47 Å². The third kappa shape index (κ3) is 7.02. The quantitative estimate of drug-likeness (QED) is 0.634. The van der Waals surface area contributed by atoms with Gasteiger partial charge in [0.05, 0.1) is 18.8 Å². The molecular weight excluding hydrogens is 214 g/mol. The Kier molecular flexibility index (Phi) is 8.83. The van der Waals surface area contributed by atoms with E-state index in [1.54, 1.807) is 0 Å². The van der Waals surface area contributed by atoms with Gasteiger partial charge in [-0.2, -0.15) is 0 Å². The maximum absolute atomic E-state index is 5.91. The number of ether oxygens (including phenoxy) is 2. The second kappa shape index (κ2) is 8.90. The Bertz CT molecular complexity index is 178. The molecule has 0 spiro atoms. The summed E-state index contributed by atoms with van der Waals surface area (Å²) in [6.07, 6.45) is 1.25. The lowest BCUT2D eigenvalue weighted by molar-refractivity contribution is -0.0553. The average Bonchev–Trinajstić information content (AvgIpc) is 2.24. The minimum Gasteiger partial charge on any atom is -0.380 e. The van der Waals surface area contributed by atoms with Crippen LogP contribution in [0.5, 0.6) is 0 Å². The Morgan fingerprint density at radius 3 is 2.18 bits per heavy atom. The second-order valence-corrected chi connectivity index (χ2v) is 5.48. The molecule has 0 aliphatic rings.